The van der Waals surface area contributed by atoms with Gasteiger partial charge in [0.2, 0.25) is 0 Å². The summed E-state index contributed by atoms with van der Waals surface area (Å²) in [5.74, 6) is -0.186. The Bertz CT molecular complexity index is 530. The molecule has 6 heteroatoms. The minimum Gasteiger partial charge on any atom is -0.310 e. The van der Waals surface area contributed by atoms with Crippen LogP contribution in [0.3, 0.4) is 0 Å². The second kappa shape index (κ2) is 5.57. The average molecular weight is 290 g/mol. The monoisotopic (exact) mass is 289 g/mol. The van der Waals surface area contributed by atoms with Gasteiger partial charge in [0, 0.05) is 11.1 Å². The Balaban J connectivity index is 2.04. The summed E-state index contributed by atoms with van der Waals surface area (Å²) in [6.07, 6.45) is 2.07. The molecule has 0 fully saturated rings. The van der Waals surface area contributed by atoms with Gasteiger partial charge in [0.05, 0.1) is 5.75 Å². The quantitative estimate of drug-likeness (QED) is 0.834. The van der Waals surface area contributed by atoms with Crippen LogP contribution in [0, 0.1) is 0 Å². The molecule has 0 radical (unpaired) electrons. The van der Waals surface area contributed by atoms with Crippen molar-refractivity contribution in [1.82, 2.24) is 5.32 Å². The fourth-order valence-electron chi connectivity index (χ4n) is 2.35. The van der Waals surface area contributed by atoms with Crippen molar-refractivity contribution in [2.45, 2.75) is 25.3 Å². The third-order valence-electron chi connectivity index (χ3n) is 3.16. The maximum Gasteiger partial charge on any atom is 0.264 e. The lowest BCUT2D eigenvalue weighted by atomic mass is 9.92. The smallest absolute Gasteiger partial charge is 0.264 e. The molecule has 1 atom stereocenters. The third-order valence-corrected chi connectivity index (χ3v) is 4.20. The summed E-state index contributed by atoms with van der Waals surface area (Å²) in [6.45, 7) is 0.865. The number of rotatable bonds is 4. The topological polar surface area (TPSA) is 66.4 Å². The maximum atomic E-state index is 10.7. The van der Waals surface area contributed by atoms with E-state index in [1.54, 1.807) is 0 Å². The van der Waals surface area contributed by atoms with E-state index in [0.717, 1.165) is 18.0 Å². The lowest BCUT2D eigenvalue weighted by Crippen LogP contribution is -2.30. The number of halogens is 1. The molecule has 2 rings (SSSR count). The second-order valence-electron chi connectivity index (χ2n) is 4.53. The first-order valence-corrected chi connectivity index (χ1v) is 7.91. The average Bonchev–Trinajstić information content (AvgIpc) is 2.27. The molecule has 0 aromatic heterocycles. The van der Waals surface area contributed by atoms with Crippen molar-refractivity contribution in [1.29, 1.82) is 0 Å². The number of nitrogens with one attached hydrogen (secondary N) is 1. The SMILES string of the molecule is O=S(=O)(O)CCCC1NCCc2cc(Cl)ccc21. The van der Waals surface area contributed by atoms with Gasteiger partial charge in [0.25, 0.3) is 10.1 Å². The van der Waals surface area contributed by atoms with E-state index in [0.29, 0.717) is 12.8 Å². The molecule has 1 unspecified atom stereocenters. The molecule has 2 N–H and O–H groups in total. The van der Waals surface area contributed by atoms with Crippen molar-refractivity contribution in [2.75, 3.05) is 12.3 Å². The zero-order valence-electron chi connectivity index (χ0n) is 9.89. The van der Waals surface area contributed by atoms with Crippen LogP contribution in [-0.2, 0) is 16.5 Å². The molecule has 0 amide bonds. The Hall–Kier alpha value is -0.620. The number of benzene rings is 1. The summed E-state index contributed by atoms with van der Waals surface area (Å²) in [6, 6.07) is 5.95. The first kappa shape index (κ1) is 13.8. The predicted octanol–water partition coefficient (Wildman–Crippen LogP) is 2.19. The summed E-state index contributed by atoms with van der Waals surface area (Å²) < 4.78 is 30.1. The van der Waals surface area contributed by atoms with Crippen molar-refractivity contribution < 1.29 is 13.0 Å². The summed E-state index contributed by atoms with van der Waals surface area (Å²) >= 11 is 5.96. The Labute approximate surface area is 112 Å². The highest BCUT2D eigenvalue weighted by Crippen LogP contribution is 2.28. The maximum absolute atomic E-state index is 10.7. The highest BCUT2D eigenvalue weighted by molar-refractivity contribution is 7.85. The van der Waals surface area contributed by atoms with Crippen LogP contribution in [0.4, 0.5) is 0 Å². The van der Waals surface area contributed by atoms with Gasteiger partial charge >= 0.3 is 0 Å². The molecule has 0 aliphatic carbocycles. The fraction of sp³-hybridized carbons (Fsp3) is 0.500. The van der Waals surface area contributed by atoms with Gasteiger partial charge < -0.3 is 5.32 Å². The van der Waals surface area contributed by atoms with Crippen LogP contribution in [0.25, 0.3) is 0 Å². The molecule has 1 aliphatic rings. The van der Waals surface area contributed by atoms with Crippen molar-refractivity contribution in [2.24, 2.45) is 0 Å². The molecule has 4 nitrogen and oxygen atoms in total. The largest absolute Gasteiger partial charge is 0.310 e. The molecule has 0 saturated heterocycles. The van der Waals surface area contributed by atoms with Gasteiger partial charge in [-0.25, -0.2) is 0 Å². The van der Waals surface area contributed by atoms with E-state index in [2.05, 4.69) is 5.32 Å². The Morgan fingerprint density at radius 1 is 1.44 bits per heavy atom. The molecule has 1 aliphatic heterocycles. The minimum absolute atomic E-state index is 0.146. The zero-order valence-corrected chi connectivity index (χ0v) is 11.5. The summed E-state index contributed by atoms with van der Waals surface area (Å²) in [7, 11) is -3.86. The van der Waals surface area contributed by atoms with E-state index in [1.165, 1.54) is 11.1 Å². The van der Waals surface area contributed by atoms with E-state index in [9.17, 15) is 8.42 Å². The first-order valence-electron chi connectivity index (χ1n) is 5.92. The van der Waals surface area contributed by atoms with Gasteiger partial charge in [-0.3, -0.25) is 4.55 Å². The van der Waals surface area contributed by atoms with Gasteiger partial charge in [0.1, 0.15) is 0 Å². The molecule has 1 aromatic carbocycles. The molecule has 18 heavy (non-hydrogen) atoms. The van der Waals surface area contributed by atoms with E-state index in [4.69, 9.17) is 16.2 Å². The van der Waals surface area contributed by atoms with Gasteiger partial charge in [-0.1, -0.05) is 17.7 Å². The lowest BCUT2D eigenvalue weighted by Gasteiger charge is -2.27. The standard InChI is InChI=1S/C12H16ClNO3S/c13-10-3-4-11-9(8-10)5-6-14-12(11)2-1-7-18(15,16)17/h3-4,8,12,14H,1-2,5-7H2,(H,15,16,17). The molecule has 100 valence electrons. The molecule has 0 bridgehead atoms. The zero-order chi connectivity index (χ0) is 13.2. The Morgan fingerprint density at radius 3 is 2.94 bits per heavy atom. The van der Waals surface area contributed by atoms with Crippen LogP contribution in [-0.4, -0.2) is 25.3 Å². The van der Waals surface area contributed by atoms with Crippen molar-refractivity contribution in [3.63, 3.8) is 0 Å². The van der Waals surface area contributed by atoms with Crippen molar-refractivity contribution in [3.8, 4) is 0 Å². The Kier molecular flexibility index (Phi) is 4.27. The first-order chi connectivity index (χ1) is 8.46. The number of fused-ring (bicyclic) bond motifs is 1. The third kappa shape index (κ3) is 3.68. The Morgan fingerprint density at radius 2 is 2.22 bits per heavy atom. The summed E-state index contributed by atoms with van der Waals surface area (Å²) in [5, 5.41) is 4.09. The van der Waals surface area contributed by atoms with Crippen LogP contribution in [0.5, 0.6) is 0 Å². The van der Waals surface area contributed by atoms with E-state index in [1.807, 2.05) is 18.2 Å². The van der Waals surface area contributed by atoms with E-state index >= 15 is 0 Å². The van der Waals surface area contributed by atoms with Crippen LogP contribution in [0.1, 0.15) is 30.0 Å². The second-order valence-corrected chi connectivity index (χ2v) is 6.54. The number of hydrogen-bond acceptors (Lipinski definition) is 3. The molecule has 0 saturated carbocycles. The van der Waals surface area contributed by atoms with Gasteiger partial charge in [-0.05, 0) is 49.1 Å². The minimum atomic E-state index is -3.86. The molecular formula is C12H16ClNO3S. The summed E-state index contributed by atoms with van der Waals surface area (Å²) in [4.78, 5) is 0. The molecule has 1 aromatic rings. The number of hydrogen-bond donors (Lipinski definition) is 2. The predicted molar refractivity (Wildman–Crippen MR) is 71.5 cm³/mol. The highest BCUT2D eigenvalue weighted by atomic mass is 35.5. The highest BCUT2D eigenvalue weighted by Gasteiger charge is 2.20. The molecule has 1 heterocycles. The van der Waals surface area contributed by atoms with Crippen molar-refractivity contribution in [3.05, 3.63) is 34.3 Å². The lowest BCUT2D eigenvalue weighted by molar-refractivity contribution is 0.455. The van der Waals surface area contributed by atoms with Crippen LogP contribution in [0.15, 0.2) is 18.2 Å². The summed E-state index contributed by atoms with van der Waals surface area (Å²) in [5.41, 5.74) is 2.40. The van der Waals surface area contributed by atoms with Crippen LogP contribution in [0.2, 0.25) is 5.02 Å². The van der Waals surface area contributed by atoms with Gasteiger partial charge in [0.15, 0.2) is 0 Å². The fourth-order valence-corrected chi connectivity index (χ4v) is 3.08. The van der Waals surface area contributed by atoms with Crippen LogP contribution < -0.4 is 5.32 Å². The van der Waals surface area contributed by atoms with Crippen LogP contribution >= 0.6 is 11.6 Å². The molecular weight excluding hydrogens is 274 g/mol. The van der Waals surface area contributed by atoms with Gasteiger partial charge in [-0.15, -0.1) is 0 Å². The molecule has 0 spiro atoms. The van der Waals surface area contributed by atoms with Crippen molar-refractivity contribution >= 4 is 21.7 Å². The van der Waals surface area contributed by atoms with E-state index in [-0.39, 0.29) is 11.8 Å². The van der Waals surface area contributed by atoms with Gasteiger partial charge in [-0.2, -0.15) is 8.42 Å². The normalized spacial score (nSPS) is 19.6. The van der Waals surface area contributed by atoms with E-state index < -0.39 is 10.1 Å².